The van der Waals surface area contributed by atoms with Gasteiger partial charge in [-0.05, 0) is 34.6 Å². The van der Waals surface area contributed by atoms with Crippen LogP contribution >= 0.6 is 15.2 Å². The topological polar surface area (TPSA) is 146 Å². The fraction of sp³-hybridized carbons (Fsp3) is 0.750. The van der Waals surface area contributed by atoms with E-state index in [0.717, 1.165) is 0 Å². The van der Waals surface area contributed by atoms with E-state index in [1.807, 2.05) is 0 Å². The first-order chi connectivity index (χ1) is 11.2. The second-order valence-electron chi connectivity index (χ2n) is 4.12. The number of rotatable bonds is 10. The van der Waals surface area contributed by atoms with Gasteiger partial charge in [-0.25, -0.2) is 4.99 Å². The zero-order valence-electron chi connectivity index (χ0n) is 14.6. The number of nitrogens with two attached hydrogens (primary N) is 1. The lowest BCUT2D eigenvalue weighted by atomic mass is 10.8. The summed E-state index contributed by atoms with van der Waals surface area (Å²) >= 11 is 0. The molecule has 0 aliphatic rings. The molecule has 0 aliphatic carbocycles. The third-order valence-corrected chi connectivity index (χ3v) is 6.25. The fourth-order valence-electron chi connectivity index (χ4n) is 1.49. The Balaban J connectivity index is 5.47. The predicted octanol–water partition coefficient (Wildman–Crippen LogP) is 3.19. The van der Waals surface area contributed by atoms with Crippen LogP contribution in [0.4, 0.5) is 0 Å². The molecule has 0 atom stereocenters. The largest absolute Gasteiger partial charge is 0.397 e. The van der Waals surface area contributed by atoms with Crippen molar-refractivity contribution < 1.29 is 27.2 Å². The van der Waals surface area contributed by atoms with E-state index in [1.54, 1.807) is 27.7 Å². The van der Waals surface area contributed by atoms with E-state index >= 15 is 0 Å². The maximum Gasteiger partial charge on any atom is 0.397 e. The van der Waals surface area contributed by atoms with Crippen molar-refractivity contribution >= 4 is 32.2 Å². The molecule has 0 amide bonds. The highest BCUT2D eigenvalue weighted by molar-refractivity contribution is 7.72. The molecule has 10 nitrogen and oxygen atoms in total. The highest BCUT2D eigenvalue weighted by Gasteiger charge is 2.31. The van der Waals surface area contributed by atoms with Crippen molar-refractivity contribution in [2.75, 3.05) is 26.4 Å². The SMILES string of the molecule is CCOP(=O)(OCC)C(=N)/N=C(N)\N=C(/C)P(=O)(OCC)OCC. The zero-order valence-corrected chi connectivity index (χ0v) is 16.4. The first kappa shape index (κ1) is 23.1. The summed E-state index contributed by atoms with van der Waals surface area (Å²) in [6, 6.07) is 0. The summed E-state index contributed by atoms with van der Waals surface area (Å²) in [7, 11) is -7.45. The summed E-state index contributed by atoms with van der Waals surface area (Å²) in [5.74, 6) is -0.434. The minimum absolute atomic E-state index is 0.0251. The van der Waals surface area contributed by atoms with Gasteiger partial charge in [-0.1, -0.05) is 0 Å². The molecule has 3 N–H and O–H groups in total. The lowest BCUT2D eigenvalue weighted by molar-refractivity contribution is 0.231. The summed E-state index contributed by atoms with van der Waals surface area (Å²) in [6.45, 7) is 8.38. The van der Waals surface area contributed by atoms with Crippen LogP contribution in [0.25, 0.3) is 0 Å². The van der Waals surface area contributed by atoms with E-state index in [-0.39, 0.29) is 31.9 Å². The molecule has 0 rings (SSSR count). The standard InChI is InChI=1S/C12H26N4O6P2/c1-6-19-23(17,20-7-2)10(5)15-11(13)16-12(14)24(18,21-8-3)22-9-4/h6-9H2,1-5H3,(H3,13,14,16)/b15-10+. The van der Waals surface area contributed by atoms with Crippen LogP contribution in [-0.2, 0) is 27.2 Å². The van der Waals surface area contributed by atoms with Crippen LogP contribution in [0, 0.1) is 5.41 Å². The number of nitrogens with zero attached hydrogens (tertiary/aromatic N) is 2. The van der Waals surface area contributed by atoms with Gasteiger partial charge in [-0.2, -0.15) is 4.99 Å². The number of hydrogen-bond acceptors (Lipinski definition) is 7. The van der Waals surface area contributed by atoms with Crippen LogP contribution in [-0.4, -0.2) is 43.4 Å². The molecule has 0 aliphatic heterocycles. The summed E-state index contributed by atoms with van der Waals surface area (Å²) < 4.78 is 45.0. The minimum atomic E-state index is -3.86. The highest BCUT2D eigenvalue weighted by Crippen LogP contribution is 2.50. The first-order valence-electron chi connectivity index (χ1n) is 7.46. The Morgan fingerprint density at radius 3 is 1.62 bits per heavy atom. The Morgan fingerprint density at radius 2 is 1.25 bits per heavy atom. The van der Waals surface area contributed by atoms with Gasteiger partial charge in [-0.15, -0.1) is 0 Å². The van der Waals surface area contributed by atoms with Crippen molar-refractivity contribution in [3.05, 3.63) is 0 Å². The average molecular weight is 384 g/mol. The van der Waals surface area contributed by atoms with Crippen molar-refractivity contribution in [3.8, 4) is 0 Å². The molecule has 0 radical (unpaired) electrons. The molecule has 0 aromatic heterocycles. The van der Waals surface area contributed by atoms with E-state index in [4.69, 9.17) is 29.2 Å². The number of aliphatic imine (C=N–C) groups is 2. The van der Waals surface area contributed by atoms with Crippen LogP contribution in [0.1, 0.15) is 34.6 Å². The maximum atomic E-state index is 12.5. The molecule has 0 saturated heterocycles. The van der Waals surface area contributed by atoms with Crippen LogP contribution in [0.5, 0.6) is 0 Å². The quantitative estimate of drug-likeness (QED) is 0.334. The molecular formula is C12H26N4O6P2. The lowest BCUT2D eigenvalue weighted by Crippen LogP contribution is -2.16. The summed E-state index contributed by atoms with van der Waals surface area (Å²) in [5, 5.41) is 7.76. The smallest absolute Gasteiger partial charge is 0.368 e. The lowest BCUT2D eigenvalue weighted by Gasteiger charge is -2.16. The molecular weight excluding hydrogens is 358 g/mol. The van der Waals surface area contributed by atoms with Gasteiger partial charge in [0.05, 0.1) is 26.4 Å². The minimum Gasteiger partial charge on any atom is -0.368 e. The Hall–Kier alpha value is -0.890. The van der Waals surface area contributed by atoms with Gasteiger partial charge in [0.2, 0.25) is 11.5 Å². The Kier molecular flexibility index (Phi) is 10.5. The van der Waals surface area contributed by atoms with Crippen molar-refractivity contribution in [2.45, 2.75) is 34.6 Å². The fourth-order valence-corrected chi connectivity index (χ4v) is 4.06. The van der Waals surface area contributed by atoms with E-state index in [9.17, 15) is 9.13 Å². The third kappa shape index (κ3) is 6.93. The number of hydrogen-bond donors (Lipinski definition) is 2. The van der Waals surface area contributed by atoms with E-state index < -0.39 is 26.7 Å². The van der Waals surface area contributed by atoms with Crippen molar-refractivity contribution in [2.24, 2.45) is 15.7 Å². The highest BCUT2D eigenvalue weighted by atomic mass is 31.2. The normalized spacial score (nSPS) is 14.0. The Morgan fingerprint density at radius 1 is 0.875 bits per heavy atom. The van der Waals surface area contributed by atoms with E-state index in [2.05, 4.69) is 9.98 Å². The second-order valence-corrected chi connectivity index (χ2v) is 8.21. The number of amidine groups is 1. The molecule has 0 aromatic rings. The molecule has 140 valence electrons. The summed E-state index contributed by atoms with van der Waals surface area (Å²) in [5.41, 5.74) is 4.89. The first-order valence-corrected chi connectivity index (χ1v) is 10.5. The monoisotopic (exact) mass is 384 g/mol. The van der Waals surface area contributed by atoms with Crippen LogP contribution in [0.15, 0.2) is 9.98 Å². The molecule has 0 heterocycles. The average Bonchev–Trinajstić information content (AvgIpc) is 2.47. The number of guanidine groups is 1. The molecule has 0 unspecified atom stereocenters. The van der Waals surface area contributed by atoms with Crippen LogP contribution < -0.4 is 5.73 Å². The van der Waals surface area contributed by atoms with Gasteiger partial charge < -0.3 is 23.8 Å². The molecule has 0 aromatic carbocycles. The zero-order chi connectivity index (χ0) is 18.8. The second kappa shape index (κ2) is 10.9. The van der Waals surface area contributed by atoms with Crippen molar-refractivity contribution in [3.63, 3.8) is 0 Å². The molecule has 0 saturated carbocycles. The van der Waals surface area contributed by atoms with Crippen LogP contribution in [0.2, 0.25) is 0 Å². The van der Waals surface area contributed by atoms with Gasteiger partial charge in [0.1, 0.15) is 5.45 Å². The Labute approximate surface area is 142 Å². The van der Waals surface area contributed by atoms with Gasteiger partial charge in [-0.3, -0.25) is 14.5 Å². The van der Waals surface area contributed by atoms with Crippen LogP contribution in [0.3, 0.4) is 0 Å². The van der Waals surface area contributed by atoms with Gasteiger partial charge in [0, 0.05) is 0 Å². The van der Waals surface area contributed by atoms with E-state index in [1.165, 1.54) is 6.92 Å². The molecule has 24 heavy (non-hydrogen) atoms. The van der Waals surface area contributed by atoms with Gasteiger partial charge in [0.25, 0.3) is 0 Å². The predicted molar refractivity (Wildman–Crippen MR) is 94.2 cm³/mol. The molecule has 0 bridgehead atoms. The van der Waals surface area contributed by atoms with Crippen molar-refractivity contribution in [1.29, 1.82) is 5.41 Å². The molecule has 0 fully saturated rings. The molecule has 12 heteroatoms. The number of nitrogens with one attached hydrogen (secondary N) is 1. The summed E-state index contributed by atoms with van der Waals surface area (Å²) in [6.07, 6.45) is 0. The molecule has 0 spiro atoms. The van der Waals surface area contributed by atoms with Gasteiger partial charge >= 0.3 is 15.2 Å². The van der Waals surface area contributed by atoms with Gasteiger partial charge in [0.15, 0.2) is 0 Å². The maximum absolute atomic E-state index is 12.5. The van der Waals surface area contributed by atoms with Crippen molar-refractivity contribution in [1.82, 2.24) is 0 Å². The van der Waals surface area contributed by atoms with E-state index in [0.29, 0.717) is 0 Å². The third-order valence-electron chi connectivity index (χ3n) is 2.35. The Bertz CT molecular complexity index is 558. The summed E-state index contributed by atoms with van der Waals surface area (Å²) in [4.78, 5) is 7.42.